The SMILES string of the molecule is CC(CO)[C@@](C)(O)[C@@H]1CN(c2nc(-c3n[nH]c4ncccc34)c(F)cc2F)CCN1. The van der Waals surface area contributed by atoms with E-state index in [9.17, 15) is 19.0 Å². The maximum Gasteiger partial charge on any atom is 0.168 e. The van der Waals surface area contributed by atoms with Gasteiger partial charge in [-0.05, 0) is 19.1 Å². The zero-order chi connectivity index (χ0) is 21.5. The topological polar surface area (TPSA) is 110 Å². The number of aliphatic hydroxyl groups is 2. The van der Waals surface area contributed by atoms with Crippen LogP contribution in [0.2, 0.25) is 0 Å². The molecule has 4 rings (SSSR count). The highest BCUT2D eigenvalue weighted by Gasteiger charge is 2.40. The molecule has 0 spiro atoms. The first-order valence-corrected chi connectivity index (χ1v) is 9.80. The number of H-pyrrole nitrogens is 1. The summed E-state index contributed by atoms with van der Waals surface area (Å²) in [4.78, 5) is 10.1. The highest BCUT2D eigenvalue weighted by molar-refractivity contribution is 5.89. The molecule has 1 unspecified atom stereocenters. The number of hydrogen-bond donors (Lipinski definition) is 4. The lowest BCUT2D eigenvalue weighted by Gasteiger charge is -2.44. The fourth-order valence-corrected chi connectivity index (χ4v) is 3.74. The van der Waals surface area contributed by atoms with Crippen LogP contribution in [0.1, 0.15) is 13.8 Å². The minimum atomic E-state index is -1.23. The van der Waals surface area contributed by atoms with Crippen molar-refractivity contribution in [3.8, 4) is 11.4 Å². The second-order valence-corrected chi connectivity index (χ2v) is 7.86. The molecule has 4 N–H and O–H groups in total. The maximum absolute atomic E-state index is 14.7. The quantitative estimate of drug-likeness (QED) is 0.497. The van der Waals surface area contributed by atoms with E-state index in [4.69, 9.17) is 0 Å². The van der Waals surface area contributed by atoms with Gasteiger partial charge in [0.15, 0.2) is 23.1 Å². The summed E-state index contributed by atoms with van der Waals surface area (Å²) in [5.41, 5.74) is -0.562. The van der Waals surface area contributed by atoms with E-state index in [2.05, 4.69) is 25.5 Å². The van der Waals surface area contributed by atoms with Crippen LogP contribution in [-0.4, -0.2) is 68.3 Å². The van der Waals surface area contributed by atoms with Crippen molar-refractivity contribution in [3.63, 3.8) is 0 Å². The van der Waals surface area contributed by atoms with Gasteiger partial charge in [-0.2, -0.15) is 5.10 Å². The molecule has 4 heterocycles. The Hall–Kier alpha value is -2.69. The Morgan fingerprint density at radius 3 is 2.90 bits per heavy atom. The average molecular weight is 418 g/mol. The summed E-state index contributed by atoms with van der Waals surface area (Å²) in [7, 11) is 0. The van der Waals surface area contributed by atoms with Crippen molar-refractivity contribution < 1.29 is 19.0 Å². The Morgan fingerprint density at radius 2 is 2.13 bits per heavy atom. The molecule has 0 aliphatic carbocycles. The lowest BCUT2D eigenvalue weighted by Crippen LogP contribution is -2.63. The van der Waals surface area contributed by atoms with E-state index in [1.165, 1.54) is 0 Å². The number of aromatic nitrogens is 4. The highest BCUT2D eigenvalue weighted by atomic mass is 19.1. The molecule has 0 radical (unpaired) electrons. The summed E-state index contributed by atoms with van der Waals surface area (Å²) in [6.07, 6.45) is 1.59. The number of anilines is 1. The van der Waals surface area contributed by atoms with Crippen LogP contribution in [0.5, 0.6) is 0 Å². The van der Waals surface area contributed by atoms with Crippen LogP contribution in [0.15, 0.2) is 24.4 Å². The van der Waals surface area contributed by atoms with Gasteiger partial charge in [-0.25, -0.2) is 18.7 Å². The molecule has 1 saturated heterocycles. The van der Waals surface area contributed by atoms with E-state index in [-0.39, 0.29) is 36.3 Å². The van der Waals surface area contributed by atoms with Gasteiger partial charge in [0.1, 0.15) is 11.4 Å². The van der Waals surface area contributed by atoms with Crippen LogP contribution < -0.4 is 10.2 Å². The van der Waals surface area contributed by atoms with E-state index in [0.29, 0.717) is 24.1 Å². The standard InChI is InChI=1S/C20H24F2N6O2/c1-11(10-29)20(2,30)15-9-28(7-6-23-15)19-14(22)8-13(21)17(25-19)16-12-4-3-5-24-18(12)27-26-16/h3-5,8,11,15,23,29-30H,6-7,9-10H2,1-2H3,(H,24,26,27)/t11?,15-,20+/m0/s1. The van der Waals surface area contributed by atoms with Crippen molar-refractivity contribution in [2.75, 3.05) is 31.1 Å². The monoisotopic (exact) mass is 418 g/mol. The molecular formula is C20H24F2N6O2. The average Bonchev–Trinajstić information content (AvgIpc) is 3.17. The molecule has 10 heteroatoms. The number of hydrogen-bond acceptors (Lipinski definition) is 7. The first kappa shape index (κ1) is 20.6. The van der Waals surface area contributed by atoms with Gasteiger partial charge in [-0.15, -0.1) is 0 Å². The van der Waals surface area contributed by atoms with E-state index < -0.39 is 23.3 Å². The minimum absolute atomic E-state index is 0.00890. The highest BCUT2D eigenvalue weighted by Crippen LogP contribution is 2.31. The number of aromatic amines is 1. The maximum atomic E-state index is 14.7. The molecule has 0 saturated carbocycles. The Labute approximate surface area is 172 Å². The Balaban J connectivity index is 1.70. The molecule has 30 heavy (non-hydrogen) atoms. The fourth-order valence-electron chi connectivity index (χ4n) is 3.74. The number of pyridine rings is 2. The van der Waals surface area contributed by atoms with Crippen molar-refractivity contribution in [1.29, 1.82) is 0 Å². The number of fused-ring (bicyclic) bond motifs is 1. The second-order valence-electron chi connectivity index (χ2n) is 7.86. The summed E-state index contributed by atoms with van der Waals surface area (Å²) >= 11 is 0. The van der Waals surface area contributed by atoms with Crippen molar-refractivity contribution in [1.82, 2.24) is 25.5 Å². The van der Waals surface area contributed by atoms with Gasteiger partial charge < -0.3 is 20.4 Å². The Bertz CT molecular complexity index is 1060. The number of nitrogens with zero attached hydrogens (tertiary/aromatic N) is 4. The second kappa shape index (κ2) is 7.86. The van der Waals surface area contributed by atoms with Crippen LogP contribution in [0.25, 0.3) is 22.4 Å². The summed E-state index contributed by atoms with van der Waals surface area (Å²) in [5.74, 6) is -2.00. The zero-order valence-corrected chi connectivity index (χ0v) is 16.7. The number of rotatable bonds is 5. The molecule has 1 aliphatic rings. The lowest BCUT2D eigenvalue weighted by atomic mass is 9.83. The van der Waals surface area contributed by atoms with Crippen LogP contribution in [0.4, 0.5) is 14.6 Å². The third-order valence-corrected chi connectivity index (χ3v) is 5.92. The van der Waals surface area contributed by atoms with Gasteiger partial charge in [-0.3, -0.25) is 5.10 Å². The van der Waals surface area contributed by atoms with E-state index in [1.807, 2.05) is 0 Å². The number of halogens is 2. The fraction of sp³-hybridized carbons (Fsp3) is 0.450. The van der Waals surface area contributed by atoms with Crippen molar-refractivity contribution in [2.24, 2.45) is 5.92 Å². The van der Waals surface area contributed by atoms with Gasteiger partial charge >= 0.3 is 0 Å². The van der Waals surface area contributed by atoms with Gasteiger partial charge in [0.25, 0.3) is 0 Å². The lowest BCUT2D eigenvalue weighted by molar-refractivity contribution is -0.0469. The zero-order valence-electron chi connectivity index (χ0n) is 16.7. The number of piperazine rings is 1. The third kappa shape index (κ3) is 3.51. The van der Waals surface area contributed by atoms with E-state index in [1.54, 1.807) is 37.1 Å². The summed E-state index contributed by atoms with van der Waals surface area (Å²) in [6.45, 7) is 4.35. The third-order valence-electron chi connectivity index (χ3n) is 5.92. The van der Waals surface area contributed by atoms with E-state index >= 15 is 0 Å². The molecule has 160 valence electrons. The molecule has 1 aliphatic heterocycles. The summed E-state index contributed by atoms with van der Waals surface area (Å²) < 4.78 is 29.3. The first-order valence-electron chi connectivity index (χ1n) is 9.80. The van der Waals surface area contributed by atoms with Gasteiger partial charge in [0.05, 0.1) is 11.6 Å². The molecule has 3 aromatic rings. The Morgan fingerprint density at radius 1 is 1.33 bits per heavy atom. The minimum Gasteiger partial charge on any atom is -0.396 e. The van der Waals surface area contributed by atoms with Crippen LogP contribution in [0, 0.1) is 17.6 Å². The summed E-state index contributed by atoms with van der Waals surface area (Å²) in [5, 5.41) is 31.0. The summed E-state index contributed by atoms with van der Waals surface area (Å²) in [6, 6.07) is 3.81. The molecule has 1 fully saturated rings. The van der Waals surface area contributed by atoms with E-state index in [0.717, 1.165) is 6.07 Å². The molecular weight excluding hydrogens is 394 g/mol. The molecule has 8 nitrogen and oxygen atoms in total. The van der Waals surface area contributed by atoms with Gasteiger partial charge in [-0.1, -0.05) is 6.92 Å². The van der Waals surface area contributed by atoms with Crippen molar-refractivity contribution in [2.45, 2.75) is 25.5 Å². The van der Waals surface area contributed by atoms with Gasteiger partial charge in [0, 0.05) is 49.8 Å². The van der Waals surface area contributed by atoms with Crippen LogP contribution in [0.3, 0.4) is 0 Å². The first-order chi connectivity index (χ1) is 14.3. The predicted molar refractivity (Wildman–Crippen MR) is 108 cm³/mol. The van der Waals surface area contributed by atoms with Crippen LogP contribution in [-0.2, 0) is 0 Å². The van der Waals surface area contributed by atoms with Crippen molar-refractivity contribution >= 4 is 16.9 Å². The smallest absolute Gasteiger partial charge is 0.168 e. The molecule has 0 bridgehead atoms. The number of nitrogens with one attached hydrogen (secondary N) is 2. The Kier molecular flexibility index (Phi) is 5.39. The molecule has 3 atom stereocenters. The number of aliphatic hydroxyl groups excluding tert-OH is 1. The normalized spacial score (nSPS) is 20.3. The molecule has 0 amide bonds. The largest absolute Gasteiger partial charge is 0.396 e. The molecule has 3 aromatic heterocycles. The van der Waals surface area contributed by atoms with Gasteiger partial charge in [0.2, 0.25) is 0 Å². The van der Waals surface area contributed by atoms with Crippen LogP contribution >= 0.6 is 0 Å². The molecule has 0 aromatic carbocycles. The van der Waals surface area contributed by atoms with Crippen molar-refractivity contribution in [3.05, 3.63) is 36.0 Å². The predicted octanol–water partition coefficient (Wildman–Crippen LogP) is 1.46.